The third kappa shape index (κ3) is 3.28. The van der Waals surface area contributed by atoms with Gasteiger partial charge < -0.3 is 5.32 Å². The Balaban J connectivity index is 2.09. The largest absolute Gasteiger partial charge is 0.375 e. The van der Waals surface area contributed by atoms with Gasteiger partial charge in [0, 0.05) is 18.7 Å². The van der Waals surface area contributed by atoms with Crippen LogP contribution in [-0.4, -0.2) is 14.8 Å². The van der Waals surface area contributed by atoms with Crippen LogP contribution in [0.5, 0.6) is 0 Å². The van der Waals surface area contributed by atoms with Crippen LogP contribution in [0.15, 0.2) is 18.5 Å². The standard InChI is InChI=1S/C13H15F3N4/c1-8(2)6-20-13(18-7-19-20)5-17-12-4-10(15)9(14)3-11(12)16/h3-4,7-8,17H,5-6H2,1-2H3. The van der Waals surface area contributed by atoms with Gasteiger partial charge in [0.15, 0.2) is 11.6 Å². The third-order valence-electron chi connectivity index (χ3n) is 2.68. The summed E-state index contributed by atoms with van der Waals surface area (Å²) in [6.45, 7) is 4.92. The molecule has 0 atom stereocenters. The van der Waals surface area contributed by atoms with Crippen LogP contribution < -0.4 is 5.32 Å². The fraction of sp³-hybridized carbons (Fsp3) is 0.385. The number of nitrogens with zero attached hydrogens (tertiary/aromatic N) is 3. The van der Waals surface area contributed by atoms with E-state index in [1.165, 1.54) is 6.33 Å². The molecule has 0 saturated heterocycles. The Bertz CT molecular complexity index is 595. The van der Waals surface area contributed by atoms with E-state index in [1.807, 2.05) is 13.8 Å². The molecular weight excluding hydrogens is 269 g/mol. The minimum atomic E-state index is -1.21. The van der Waals surface area contributed by atoms with E-state index in [0.717, 1.165) is 6.07 Å². The van der Waals surface area contributed by atoms with Gasteiger partial charge in [0.25, 0.3) is 0 Å². The quantitative estimate of drug-likeness (QED) is 0.858. The molecule has 7 heteroatoms. The summed E-state index contributed by atoms with van der Waals surface area (Å²) in [5, 5.41) is 6.75. The molecule has 2 aromatic rings. The fourth-order valence-corrected chi connectivity index (χ4v) is 1.76. The molecule has 108 valence electrons. The normalized spacial score (nSPS) is 11.1. The minimum Gasteiger partial charge on any atom is -0.375 e. The Morgan fingerprint density at radius 2 is 1.85 bits per heavy atom. The van der Waals surface area contributed by atoms with Gasteiger partial charge in [-0.25, -0.2) is 22.8 Å². The second kappa shape index (κ2) is 5.94. The molecule has 0 aliphatic carbocycles. The summed E-state index contributed by atoms with van der Waals surface area (Å²) in [6, 6.07) is 1.30. The molecule has 1 aromatic heterocycles. The second-order valence-corrected chi connectivity index (χ2v) is 4.85. The molecule has 0 saturated carbocycles. The van der Waals surface area contributed by atoms with Gasteiger partial charge in [0.05, 0.1) is 12.2 Å². The van der Waals surface area contributed by atoms with Gasteiger partial charge in [-0.3, -0.25) is 0 Å². The number of benzene rings is 1. The third-order valence-corrected chi connectivity index (χ3v) is 2.68. The van der Waals surface area contributed by atoms with Crippen molar-refractivity contribution in [3.05, 3.63) is 41.7 Å². The molecule has 0 fully saturated rings. The van der Waals surface area contributed by atoms with Crippen LogP contribution in [0.1, 0.15) is 19.7 Å². The van der Waals surface area contributed by atoms with Crippen molar-refractivity contribution in [3.8, 4) is 0 Å². The number of aromatic nitrogens is 3. The summed E-state index contributed by atoms with van der Waals surface area (Å²) >= 11 is 0. The van der Waals surface area contributed by atoms with E-state index in [9.17, 15) is 13.2 Å². The van der Waals surface area contributed by atoms with Gasteiger partial charge in [0.2, 0.25) is 0 Å². The van der Waals surface area contributed by atoms with E-state index in [0.29, 0.717) is 24.4 Å². The number of halogens is 3. The van der Waals surface area contributed by atoms with Crippen molar-refractivity contribution >= 4 is 5.69 Å². The number of nitrogens with one attached hydrogen (secondary N) is 1. The van der Waals surface area contributed by atoms with Gasteiger partial charge in [-0.05, 0) is 5.92 Å². The first-order valence-corrected chi connectivity index (χ1v) is 6.22. The molecule has 1 aromatic carbocycles. The minimum absolute atomic E-state index is 0.108. The Hall–Kier alpha value is -2.05. The Morgan fingerprint density at radius 3 is 2.55 bits per heavy atom. The molecule has 0 spiro atoms. The Labute approximate surface area is 114 Å². The second-order valence-electron chi connectivity index (χ2n) is 4.85. The molecule has 20 heavy (non-hydrogen) atoms. The maximum atomic E-state index is 13.5. The maximum Gasteiger partial charge on any atom is 0.161 e. The van der Waals surface area contributed by atoms with Crippen molar-refractivity contribution in [3.63, 3.8) is 0 Å². The van der Waals surface area contributed by atoms with Gasteiger partial charge in [-0.15, -0.1) is 0 Å². The van der Waals surface area contributed by atoms with E-state index < -0.39 is 17.5 Å². The monoisotopic (exact) mass is 284 g/mol. The Morgan fingerprint density at radius 1 is 1.15 bits per heavy atom. The van der Waals surface area contributed by atoms with Crippen LogP contribution in [0, 0.1) is 23.4 Å². The summed E-state index contributed by atoms with van der Waals surface area (Å²) in [6.07, 6.45) is 1.40. The molecule has 0 aliphatic rings. The van der Waals surface area contributed by atoms with Crippen LogP contribution in [0.3, 0.4) is 0 Å². The first kappa shape index (κ1) is 14.4. The smallest absolute Gasteiger partial charge is 0.161 e. The fourth-order valence-electron chi connectivity index (χ4n) is 1.76. The lowest BCUT2D eigenvalue weighted by atomic mass is 10.2. The van der Waals surface area contributed by atoms with E-state index in [2.05, 4.69) is 15.4 Å². The average molecular weight is 284 g/mol. The van der Waals surface area contributed by atoms with Crippen molar-refractivity contribution in [1.82, 2.24) is 14.8 Å². The van der Waals surface area contributed by atoms with Crippen LogP contribution in [0.4, 0.5) is 18.9 Å². The van der Waals surface area contributed by atoms with Crippen LogP contribution in [0.25, 0.3) is 0 Å². The summed E-state index contributed by atoms with van der Waals surface area (Å²) in [5.41, 5.74) is -0.108. The van der Waals surface area contributed by atoms with Gasteiger partial charge in [-0.2, -0.15) is 5.10 Å². The van der Waals surface area contributed by atoms with Gasteiger partial charge in [-0.1, -0.05) is 13.8 Å². The van der Waals surface area contributed by atoms with E-state index >= 15 is 0 Å². The molecule has 0 radical (unpaired) electrons. The SMILES string of the molecule is CC(C)Cn1ncnc1CNc1cc(F)c(F)cc1F. The summed E-state index contributed by atoms with van der Waals surface area (Å²) in [7, 11) is 0. The molecule has 1 N–H and O–H groups in total. The highest BCUT2D eigenvalue weighted by molar-refractivity contribution is 5.45. The molecule has 0 amide bonds. The van der Waals surface area contributed by atoms with E-state index in [-0.39, 0.29) is 12.2 Å². The lowest BCUT2D eigenvalue weighted by Gasteiger charge is -2.10. The lowest BCUT2D eigenvalue weighted by Crippen LogP contribution is -2.14. The molecule has 1 heterocycles. The van der Waals surface area contributed by atoms with Crippen molar-refractivity contribution in [2.75, 3.05) is 5.32 Å². The Kier molecular flexibility index (Phi) is 4.26. The highest BCUT2D eigenvalue weighted by Crippen LogP contribution is 2.19. The van der Waals surface area contributed by atoms with Crippen LogP contribution in [0.2, 0.25) is 0 Å². The van der Waals surface area contributed by atoms with Crippen molar-refractivity contribution in [2.24, 2.45) is 5.92 Å². The maximum absolute atomic E-state index is 13.5. The molecule has 0 bridgehead atoms. The summed E-state index contributed by atoms with van der Waals surface area (Å²) in [4.78, 5) is 4.05. The highest BCUT2D eigenvalue weighted by Gasteiger charge is 2.11. The summed E-state index contributed by atoms with van der Waals surface area (Å²) in [5.74, 6) is -2.18. The number of anilines is 1. The van der Waals surface area contributed by atoms with Crippen LogP contribution >= 0.6 is 0 Å². The number of hydrogen-bond donors (Lipinski definition) is 1. The van der Waals surface area contributed by atoms with Gasteiger partial charge >= 0.3 is 0 Å². The van der Waals surface area contributed by atoms with E-state index in [1.54, 1.807) is 4.68 Å². The van der Waals surface area contributed by atoms with Gasteiger partial charge in [0.1, 0.15) is 18.0 Å². The predicted molar refractivity (Wildman–Crippen MR) is 68.5 cm³/mol. The molecule has 4 nitrogen and oxygen atoms in total. The highest BCUT2D eigenvalue weighted by atomic mass is 19.2. The molecule has 0 unspecified atom stereocenters. The van der Waals surface area contributed by atoms with E-state index in [4.69, 9.17) is 0 Å². The van der Waals surface area contributed by atoms with Crippen LogP contribution in [-0.2, 0) is 13.1 Å². The average Bonchev–Trinajstić information content (AvgIpc) is 2.79. The topological polar surface area (TPSA) is 42.7 Å². The molecule has 2 rings (SSSR count). The first-order chi connectivity index (χ1) is 9.47. The van der Waals surface area contributed by atoms with Crippen molar-refractivity contribution in [2.45, 2.75) is 26.9 Å². The number of rotatable bonds is 5. The zero-order valence-electron chi connectivity index (χ0n) is 11.2. The van der Waals surface area contributed by atoms with Crippen molar-refractivity contribution < 1.29 is 13.2 Å². The zero-order valence-corrected chi connectivity index (χ0v) is 11.2. The molecular formula is C13H15F3N4. The predicted octanol–water partition coefficient (Wildman–Crippen LogP) is 2.96. The zero-order chi connectivity index (χ0) is 14.7. The summed E-state index contributed by atoms with van der Waals surface area (Å²) < 4.78 is 41.0. The van der Waals surface area contributed by atoms with Crippen molar-refractivity contribution in [1.29, 1.82) is 0 Å². The molecule has 0 aliphatic heterocycles. The first-order valence-electron chi connectivity index (χ1n) is 6.22. The number of hydrogen-bond acceptors (Lipinski definition) is 3. The lowest BCUT2D eigenvalue weighted by molar-refractivity contribution is 0.467.